The van der Waals surface area contributed by atoms with Crippen molar-refractivity contribution in [2.45, 2.75) is 6.42 Å². The van der Waals surface area contributed by atoms with Crippen LogP contribution >= 0.6 is 0 Å². The fourth-order valence-corrected chi connectivity index (χ4v) is 1.34. The van der Waals surface area contributed by atoms with Crippen molar-refractivity contribution in [2.24, 2.45) is 0 Å². The standard InChI is InChI=1S/C10H10NO2.U/c1-11-8-4-2-3-5-9(8)13-7-6-10(11)12;/h3-5H,6-7H2,1H3;/q-1;. The maximum atomic E-state index is 11.4. The van der Waals surface area contributed by atoms with Crippen molar-refractivity contribution in [3.05, 3.63) is 24.3 Å². The first-order valence-corrected chi connectivity index (χ1v) is 4.18. The first-order valence-electron chi connectivity index (χ1n) is 4.18. The van der Waals surface area contributed by atoms with Crippen LogP contribution in [0, 0.1) is 37.2 Å². The van der Waals surface area contributed by atoms with Crippen LogP contribution in [-0.2, 0) is 4.79 Å². The minimum atomic E-state index is 0. The molecule has 0 aliphatic carbocycles. The average Bonchev–Trinajstić information content (AvgIpc) is 2.29. The molecule has 1 heterocycles. The largest absolute Gasteiger partial charge is 0.516 e. The zero-order chi connectivity index (χ0) is 9.26. The van der Waals surface area contributed by atoms with Gasteiger partial charge in [-0.2, -0.15) is 18.2 Å². The molecule has 0 atom stereocenters. The molecule has 0 N–H and O–H groups in total. The normalized spacial score (nSPS) is 14.9. The number of ether oxygens (including phenoxy) is 1. The van der Waals surface area contributed by atoms with Crippen LogP contribution in [0.2, 0.25) is 0 Å². The van der Waals surface area contributed by atoms with E-state index in [2.05, 4.69) is 6.07 Å². The van der Waals surface area contributed by atoms with Gasteiger partial charge in [0.05, 0.1) is 13.0 Å². The molecule has 2 rings (SSSR count). The Morgan fingerprint density at radius 1 is 1.57 bits per heavy atom. The molecule has 0 fully saturated rings. The Morgan fingerprint density at radius 3 is 3.14 bits per heavy atom. The molecule has 1 amide bonds. The van der Waals surface area contributed by atoms with Gasteiger partial charge in [0.15, 0.2) is 0 Å². The Labute approximate surface area is 107 Å². The van der Waals surface area contributed by atoms with Gasteiger partial charge in [0, 0.05) is 43.9 Å². The number of hydrogen-bond acceptors (Lipinski definition) is 2. The monoisotopic (exact) mass is 414 g/mol. The van der Waals surface area contributed by atoms with Crippen LogP contribution in [0.4, 0.5) is 5.69 Å². The van der Waals surface area contributed by atoms with Crippen molar-refractivity contribution >= 4 is 11.6 Å². The minimum Gasteiger partial charge on any atom is -0.516 e. The van der Waals surface area contributed by atoms with E-state index >= 15 is 0 Å². The third-order valence-corrected chi connectivity index (χ3v) is 2.11. The number of nitrogens with zero attached hydrogens (tertiary/aromatic N) is 1. The molecule has 4 heteroatoms. The van der Waals surface area contributed by atoms with Crippen molar-refractivity contribution in [1.29, 1.82) is 0 Å². The van der Waals surface area contributed by atoms with E-state index in [4.69, 9.17) is 4.74 Å². The van der Waals surface area contributed by atoms with E-state index in [-0.39, 0.29) is 37.0 Å². The number of anilines is 1. The summed E-state index contributed by atoms with van der Waals surface area (Å²) in [6.07, 6.45) is 0.436. The topological polar surface area (TPSA) is 29.5 Å². The maximum Gasteiger partial charge on any atom is 0.219 e. The second-order valence-corrected chi connectivity index (χ2v) is 2.95. The predicted octanol–water partition coefficient (Wildman–Crippen LogP) is 1.23. The summed E-state index contributed by atoms with van der Waals surface area (Å²) in [5.74, 6) is 0.838. The zero-order valence-corrected chi connectivity index (χ0v) is 12.1. The zero-order valence-electron chi connectivity index (χ0n) is 7.91. The number of fused-ring (bicyclic) bond motifs is 1. The number of hydrogen-bond donors (Lipinski definition) is 0. The van der Waals surface area contributed by atoms with E-state index in [1.54, 1.807) is 24.1 Å². The molecule has 0 spiro atoms. The second-order valence-electron chi connectivity index (χ2n) is 2.95. The Kier molecular flexibility index (Phi) is 4.03. The fourth-order valence-electron chi connectivity index (χ4n) is 1.34. The number of rotatable bonds is 0. The van der Waals surface area contributed by atoms with E-state index < -0.39 is 0 Å². The van der Waals surface area contributed by atoms with Crippen LogP contribution in [0.25, 0.3) is 0 Å². The first kappa shape index (κ1) is 11.6. The summed E-state index contributed by atoms with van der Waals surface area (Å²) in [4.78, 5) is 13.0. The Balaban J connectivity index is 0.000000980. The van der Waals surface area contributed by atoms with Crippen molar-refractivity contribution in [1.82, 2.24) is 0 Å². The molecular formula is C10H10NO2U-. The number of carbonyl (C=O) groups is 1. The fraction of sp³-hybridized carbons (Fsp3) is 0.300. The molecule has 0 radical (unpaired) electrons. The van der Waals surface area contributed by atoms with Gasteiger partial charge in [0.25, 0.3) is 0 Å². The summed E-state index contributed by atoms with van der Waals surface area (Å²) < 4.78 is 5.41. The van der Waals surface area contributed by atoms with Gasteiger partial charge in [-0.1, -0.05) is 0 Å². The van der Waals surface area contributed by atoms with Gasteiger partial charge in [-0.05, 0) is 5.69 Å². The minimum absolute atomic E-state index is 0. The van der Waals surface area contributed by atoms with Gasteiger partial charge in [-0.3, -0.25) is 4.79 Å². The summed E-state index contributed by atoms with van der Waals surface area (Å²) in [7, 11) is 1.75. The van der Waals surface area contributed by atoms with E-state index in [0.29, 0.717) is 13.0 Å². The van der Waals surface area contributed by atoms with Crippen LogP contribution in [0.3, 0.4) is 0 Å². The average molecular weight is 414 g/mol. The smallest absolute Gasteiger partial charge is 0.219 e. The van der Waals surface area contributed by atoms with Crippen LogP contribution < -0.4 is 9.64 Å². The van der Waals surface area contributed by atoms with Crippen LogP contribution in [0.15, 0.2) is 18.2 Å². The Hall–Kier alpha value is -0.458. The van der Waals surface area contributed by atoms with Crippen molar-refractivity contribution in [2.75, 3.05) is 18.6 Å². The summed E-state index contributed by atoms with van der Waals surface area (Å²) in [6.45, 7) is 0.459. The van der Waals surface area contributed by atoms with Crippen molar-refractivity contribution in [3.63, 3.8) is 0 Å². The van der Waals surface area contributed by atoms with E-state index in [0.717, 1.165) is 11.4 Å². The van der Waals surface area contributed by atoms with E-state index in [1.807, 2.05) is 6.07 Å². The first-order chi connectivity index (χ1) is 6.29. The summed E-state index contributed by atoms with van der Waals surface area (Å²) >= 11 is 0. The molecule has 0 saturated heterocycles. The molecular weight excluding hydrogens is 404 g/mol. The van der Waals surface area contributed by atoms with Crippen LogP contribution in [-0.4, -0.2) is 19.6 Å². The van der Waals surface area contributed by atoms with Crippen molar-refractivity contribution in [3.8, 4) is 5.75 Å². The predicted molar refractivity (Wildman–Crippen MR) is 48.8 cm³/mol. The summed E-state index contributed by atoms with van der Waals surface area (Å²) in [5, 5.41) is 0. The Morgan fingerprint density at radius 2 is 2.36 bits per heavy atom. The molecule has 3 nitrogen and oxygen atoms in total. The molecule has 0 bridgehead atoms. The van der Waals surface area contributed by atoms with Crippen molar-refractivity contribution < 1.29 is 40.6 Å². The van der Waals surface area contributed by atoms with Gasteiger partial charge >= 0.3 is 0 Å². The molecule has 0 aromatic heterocycles. The molecule has 72 valence electrons. The van der Waals surface area contributed by atoms with Gasteiger partial charge in [0.1, 0.15) is 0 Å². The summed E-state index contributed by atoms with van der Waals surface area (Å²) in [5.41, 5.74) is 0.796. The number of amides is 1. The SMILES string of the molecule is CN1C(=O)CCOc2cc[c-]cc21.[U]. The van der Waals surface area contributed by atoms with Crippen LogP contribution in [0.1, 0.15) is 6.42 Å². The molecule has 1 aliphatic heterocycles. The van der Waals surface area contributed by atoms with Gasteiger partial charge in [-0.15, -0.1) is 6.07 Å². The molecule has 1 aromatic carbocycles. The third-order valence-electron chi connectivity index (χ3n) is 2.11. The quantitative estimate of drug-likeness (QED) is 0.598. The van der Waals surface area contributed by atoms with Gasteiger partial charge in [0.2, 0.25) is 5.91 Å². The van der Waals surface area contributed by atoms with Crippen LogP contribution in [0.5, 0.6) is 5.75 Å². The molecule has 14 heavy (non-hydrogen) atoms. The van der Waals surface area contributed by atoms with E-state index in [9.17, 15) is 4.79 Å². The molecule has 0 saturated carbocycles. The third kappa shape index (κ3) is 2.13. The molecule has 1 aromatic rings. The van der Waals surface area contributed by atoms with Gasteiger partial charge in [-0.25, -0.2) is 0 Å². The second kappa shape index (κ2) is 4.86. The molecule has 1 aliphatic rings. The van der Waals surface area contributed by atoms with E-state index in [1.165, 1.54) is 0 Å². The van der Waals surface area contributed by atoms with Gasteiger partial charge < -0.3 is 9.64 Å². The number of benzene rings is 1. The number of carbonyl (C=O) groups excluding carboxylic acids is 1. The summed E-state index contributed by atoms with van der Waals surface area (Å²) in [6, 6.07) is 8.29. The molecule has 0 unspecified atom stereocenters. The Bertz CT molecular complexity index is 341. The maximum absolute atomic E-state index is 11.4.